The number of hydrogen-bond acceptors (Lipinski definition) is 4. The maximum atomic E-state index is 5.59. The Labute approximate surface area is 123 Å². The molecule has 0 aromatic rings. The number of fused-ring (bicyclic) bond motifs is 2. The van der Waals surface area contributed by atoms with Crippen molar-refractivity contribution < 1.29 is 4.74 Å². The molecule has 20 heavy (non-hydrogen) atoms. The molecule has 0 aromatic carbocycles. The summed E-state index contributed by atoms with van der Waals surface area (Å²) in [5, 5.41) is 3.45. The smallest absolute Gasteiger partial charge is 0.0731 e. The molecule has 0 radical (unpaired) electrons. The highest BCUT2D eigenvalue weighted by atomic mass is 16.5. The minimum atomic E-state index is 0.568. The predicted molar refractivity (Wildman–Crippen MR) is 82.0 cm³/mol. The normalized spacial score (nSPS) is 41.7. The highest BCUT2D eigenvalue weighted by Crippen LogP contribution is 2.26. The van der Waals surface area contributed by atoms with Gasteiger partial charge in [0.2, 0.25) is 0 Å². The van der Waals surface area contributed by atoms with Crippen molar-refractivity contribution in [2.45, 2.75) is 50.3 Å². The lowest BCUT2D eigenvalue weighted by Crippen LogP contribution is -2.42. The lowest BCUT2D eigenvalue weighted by atomic mass is 9.93. The molecule has 1 N–H and O–H groups in total. The van der Waals surface area contributed by atoms with Gasteiger partial charge in [0, 0.05) is 25.2 Å². The Morgan fingerprint density at radius 1 is 0.900 bits per heavy atom. The van der Waals surface area contributed by atoms with Gasteiger partial charge >= 0.3 is 0 Å². The lowest BCUT2D eigenvalue weighted by molar-refractivity contribution is 0.0374. The van der Waals surface area contributed by atoms with Crippen LogP contribution in [-0.4, -0.2) is 74.9 Å². The van der Waals surface area contributed by atoms with Crippen LogP contribution in [0.5, 0.6) is 0 Å². The first-order valence-electron chi connectivity index (χ1n) is 8.48. The second kappa shape index (κ2) is 6.73. The highest BCUT2D eigenvalue weighted by molar-refractivity contribution is 4.90. The van der Waals surface area contributed by atoms with Crippen LogP contribution in [0.1, 0.15) is 32.1 Å². The standard InChI is InChI=1S/C8H16N2.C8H15NO/c1-10-4-2-3-7-5-9-6-8(7)10;1-9-5-2-3-8-7(9)4-6-10-8/h7-9H,2-6H2,1H3;7-8H,2-6H2,1H3. The fourth-order valence-corrected chi connectivity index (χ4v) is 4.42. The first-order chi connectivity index (χ1) is 9.75. The van der Waals surface area contributed by atoms with Gasteiger partial charge in [-0.2, -0.15) is 0 Å². The van der Waals surface area contributed by atoms with Crippen LogP contribution in [0.25, 0.3) is 0 Å². The quantitative estimate of drug-likeness (QED) is 0.721. The number of rotatable bonds is 0. The molecule has 4 aliphatic rings. The summed E-state index contributed by atoms with van der Waals surface area (Å²) in [5.41, 5.74) is 0. The van der Waals surface area contributed by atoms with Crippen LogP contribution in [-0.2, 0) is 4.74 Å². The van der Waals surface area contributed by atoms with E-state index in [0.717, 1.165) is 24.6 Å². The Morgan fingerprint density at radius 2 is 1.65 bits per heavy atom. The van der Waals surface area contributed by atoms with Gasteiger partial charge in [-0.05, 0) is 71.8 Å². The number of ether oxygens (including phenoxy) is 1. The van der Waals surface area contributed by atoms with Gasteiger partial charge in [-0.1, -0.05) is 0 Å². The largest absolute Gasteiger partial charge is 0.377 e. The summed E-state index contributed by atoms with van der Waals surface area (Å²) < 4.78 is 5.59. The molecule has 4 nitrogen and oxygen atoms in total. The van der Waals surface area contributed by atoms with Crippen molar-refractivity contribution in [2.75, 3.05) is 46.9 Å². The topological polar surface area (TPSA) is 27.7 Å². The molecule has 4 heterocycles. The van der Waals surface area contributed by atoms with Crippen molar-refractivity contribution in [1.29, 1.82) is 0 Å². The second-order valence-electron chi connectivity index (χ2n) is 7.00. The van der Waals surface area contributed by atoms with Gasteiger partial charge in [0.15, 0.2) is 0 Å². The van der Waals surface area contributed by atoms with Crippen LogP contribution in [0.3, 0.4) is 0 Å². The van der Waals surface area contributed by atoms with Gasteiger partial charge in [0.1, 0.15) is 0 Å². The summed E-state index contributed by atoms with van der Waals surface area (Å²) >= 11 is 0. The Balaban J connectivity index is 0.000000121. The summed E-state index contributed by atoms with van der Waals surface area (Å²) in [4.78, 5) is 4.95. The zero-order valence-corrected chi connectivity index (χ0v) is 13.2. The van der Waals surface area contributed by atoms with Gasteiger partial charge in [-0.15, -0.1) is 0 Å². The Kier molecular flexibility index (Phi) is 4.97. The molecule has 0 spiro atoms. The molecule has 4 aliphatic heterocycles. The lowest BCUT2D eigenvalue weighted by Gasteiger charge is -2.33. The summed E-state index contributed by atoms with van der Waals surface area (Å²) in [5.74, 6) is 0.957. The molecule has 4 rings (SSSR count). The Morgan fingerprint density at radius 3 is 2.40 bits per heavy atom. The van der Waals surface area contributed by atoms with Crippen LogP contribution >= 0.6 is 0 Å². The monoisotopic (exact) mass is 281 g/mol. The molecule has 0 amide bonds. The molecule has 4 heteroatoms. The molecule has 0 aromatic heterocycles. The minimum Gasteiger partial charge on any atom is -0.377 e. The predicted octanol–water partition coefficient (Wildman–Crippen LogP) is 1.17. The third-order valence-corrected chi connectivity index (χ3v) is 5.70. The van der Waals surface area contributed by atoms with Gasteiger partial charge in [-0.25, -0.2) is 0 Å². The fraction of sp³-hybridized carbons (Fsp3) is 1.00. The number of likely N-dealkylation sites (N-methyl/N-ethyl adjacent to an activating group) is 2. The van der Waals surface area contributed by atoms with E-state index in [4.69, 9.17) is 4.74 Å². The maximum Gasteiger partial charge on any atom is 0.0731 e. The summed E-state index contributed by atoms with van der Waals surface area (Å²) in [6.07, 6.45) is 7.27. The van der Waals surface area contributed by atoms with Crippen molar-refractivity contribution in [3.8, 4) is 0 Å². The van der Waals surface area contributed by atoms with Crippen LogP contribution < -0.4 is 5.32 Å². The third kappa shape index (κ3) is 3.19. The van der Waals surface area contributed by atoms with Gasteiger partial charge < -0.3 is 19.9 Å². The average molecular weight is 281 g/mol. The van der Waals surface area contributed by atoms with Gasteiger partial charge in [-0.3, -0.25) is 0 Å². The first kappa shape index (κ1) is 14.8. The number of likely N-dealkylation sites (tertiary alicyclic amines) is 2. The highest BCUT2D eigenvalue weighted by Gasteiger charge is 2.34. The van der Waals surface area contributed by atoms with E-state index in [9.17, 15) is 0 Å². The zero-order chi connectivity index (χ0) is 13.9. The van der Waals surface area contributed by atoms with E-state index in [-0.39, 0.29) is 0 Å². The van der Waals surface area contributed by atoms with Crippen molar-refractivity contribution in [3.05, 3.63) is 0 Å². The molecular formula is C16H31N3O. The van der Waals surface area contributed by atoms with E-state index in [1.807, 2.05) is 0 Å². The van der Waals surface area contributed by atoms with Crippen molar-refractivity contribution in [1.82, 2.24) is 15.1 Å². The third-order valence-electron chi connectivity index (χ3n) is 5.70. The number of hydrogen-bond donors (Lipinski definition) is 1. The Bertz CT molecular complexity index is 282. The van der Waals surface area contributed by atoms with E-state index >= 15 is 0 Å². The molecular weight excluding hydrogens is 250 g/mol. The summed E-state index contributed by atoms with van der Waals surface area (Å²) in [6, 6.07) is 1.60. The molecule has 4 saturated heterocycles. The second-order valence-corrected chi connectivity index (χ2v) is 7.00. The van der Waals surface area contributed by atoms with Gasteiger partial charge in [0.05, 0.1) is 6.10 Å². The van der Waals surface area contributed by atoms with E-state index in [1.165, 1.54) is 58.3 Å². The number of nitrogens with one attached hydrogen (secondary N) is 1. The molecule has 0 saturated carbocycles. The first-order valence-corrected chi connectivity index (χ1v) is 8.48. The van der Waals surface area contributed by atoms with Crippen molar-refractivity contribution in [3.63, 3.8) is 0 Å². The summed E-state index contributed by atoms with van der Waals surface area (Å²) in [6.45, 7) is 6.04. The molecule has 116 valence electrons. The van der Waals surface area contributed by atoms with Crippen LogP contribution in [0, 0.1) is 5.92 Å². The van der Waals surface area contributed by atoms with E-state index in [1.54, 1.807) is 0 Å². The van der Waals surface area contributed by atoms with E-state index < -0.39 is 0 Å². The molecule has 4 fully saturated rings. The van der Waals surface area contributed by atoms with E-state index in [0.29, 0.717) is 6.10 Å². The SMILES string of the molecule is CN1CCCC2CNCC21.CN1CCCC2OCCC21. The van der Waals surface area contributed by atoms with Crippen molar-refractivity contribution >= 4 is 0 Å². The van der Waals surface area contributed by atoms with Crippen LogP contribution in [0.4, 0.5) is 0 Å². The average Bonchev–Trinajstić information content (AvgIpc) is 3.08. The molecule has 4 atom stereocenters. The molecule has 0 aliphatic carbocycles. The minimum absolute atomic E-state index is 0.568. The van der Waals surface area contributed by atoms with E-state index in [2.05, 4.69) is 29.2 Å². The van der Waals surface area contributed by atoms with Crippen molar-refractivity contribution in [2.24, 2.45) is 5.92 Å². The number of nitrogens with zero attached hydrogens (tertiary/aromatic N) is 2. The molecule has 4 unspecified atom stereocenters. The van der Waals surface area contributed by atoms with Crippen LogP contribution in [0.15, 0.2) is 0 Å². The summed E-state index contributed by atoms with van der Waals surface area (Å²) in [7, 11) is 4.47. The Hall–Kier alpha value is -0.160. The van der Waals surface area contributed by atoms with Crippen LogP contribution in [0.2, 0.25) is 0 Å². The van der Waals surface area contributed by atoms with Gasteiger partial charge in [0.25, 0.3) is 0 Å². The maximum absolute atomic E-state index is 5.59. The zero-order valence-electron chi connectivity index (χ0n) is 13.2. The molecule has 0 bridgehead atoms. The number of piperidine rings is 2. The fourth-order valence-electron chi connectivity index (χ4n) is 4.42.